The van der Waals surface area contributed by atoms with E-state index in [0.717, 1.165) is 41.2 Å². The van der Waals surface area contributed by atoms with Gasteiger partial charge in [0.05, 0.1) is 30.0 Å². The van der Waals surface area contributed by atoms with Crippen LogP contribution in [-0.2, 0) is 9.53 Å². The number of ether oxygens (including phenoxy) is 1. The lowest BCUT2D eigenvalue weighted by molar-refractivity contribution is -0.146. The third kappa shape index (κ3) is 2.32. The minimum absolute atomic E-state index is 0.0446. The maximum atomic E-state index is 11.6. The molecule has 1 aliphatic carbocycles. The van der Waals surface area contributed by atoms with Crippen molar-refractivity contribution in [3.8, 4) is 0 Å². The lowest BCUT2D eigenvalue weighted by Crippen LogP contribution is -2.24. The number of hydrogen-bond donors (Lipinski definition) is 0. The Kier molecular flexibility index (Phi) is 3.74. The van der Waals surface area contributed by atoms with Gasteiger partial charge >= 0.3 is 5.97 Å². The van der Waals surface area contributed by atoms with E-state index in [9.17, 15) is 4.79 Å². The number of esters is 1. The summed E-state index contributed by atoms with van der Waals surface area (Å²) in [7, 11) is 1.46. The molecule has 2 aromatic rings. The van der Waals surface area contributed by atoms with Crippen LogP contribution in [0.15, 0.2) is 23.1 Å². The zero-order chi connectivity index (χ0) is 14.1. The fourth-order valence-corrected chi connectivity index (χ4v) is 3.43. The van der Waals surface area contributed by atoms with Crippen molar-refractivity contribution in [2.75, 3.05) is 7.11 Å². The minimum atomic E-state index is -0.0841. The quantitative estimate of drug-likeness (QED) is 0.790. The second-order valence-corrected chi connectivity index (χ2v) is 5.91. The van der Waals surface area contributed by atoms with E-state index in [0.29, 0.717) is 6.04 Å². The molecular weight excluding hydrogens is 322 g/mol. The van der Waals surface area contributed by atoms with Gasteiger partial charge in [-0.25, -0.2) is 0 Å². The number of pyridine rings is 1. The standard InChI is InChI=1S/C14H16BrN3O2/c1-20-14(19)9-2-4-10(5-3-9)18-12-6-7-16-8-11(12)13(15)17-18/h6-10H,2-5H2,1H3. The highest BCUT2D eigenvalue weighted by atomic mass is 79.9. The number of halogens is 1. The average molecular weight is 338 g/mol. The monoisotopic (exact) mass is 337 g/mol. The Bertz CT molecular complexity index is 632. The van der Waals surface area contributed by atoms with Crippen LogP contribution >= 0.6 is 15.9 Å². The maximum absolute atomic E-state index is 11.6. The van der Waals surface area contributed by atoms with Crippen LogP contribution in [0, 0.1) is 5.92 Å². The van der Waals surface area contributed by atoms with Crippen LogP contribution in [0.1, 0.15) is 31.7 Å². The first-order valence-electron chi connectivity index (χ1n) is 6.76. The smallest absolute Gasteiger partial charge is 0.308 e. The summed E-state index contributed by atoms with van der Waals surface area (Å²) in [4.78, 5) is 15.7. The molecule has 0 spiro atoms. The first-order chi connectivity index (χ1) is 9.70. The number of rotatable bonds is 2. The molecule has 0 aromatic carbocycles. The van der Waals surface area contributed by atoms with Crippen molar-refractivity contribution < 1.29 is 9.53 Å². The van der Waals surface area contributed by atoms with Gasteiger partial charge in [-0.1, -0.05) is 0 Å². The fourth-order valence-electron chi connectivity index (χ4n) is 2.95. The predicted octanol–water partition coefficient (Wildman–Crippen LogP) is 3.10. The highest BCUT2D eigenvalue weighted by Gasteiger charge is 2.29. The molecule has 0 radical (unpaired) electrons. The number of carbonyl (C=O) groups is 1. The highest BCUT2D eigenvalue weighted by Crippen LogP contribution is 2.35. The van der Waals surface area contributed by atoms with Crippen LogP contribution in [0.5, 0.6) is 0 Å². The summed E-state index contributed by atoms with van der Waals surface area (Å²) in [5.74, 6) is -0.0395. The van der Waals surface area contributed by atoms with Gasteiger partial charge < -0.3 is 4.74 Å². The van der Waals surface area contributed by atoms with E-state index in [-0.39, 0.29) is 11.9 Å². The Morgan fingerprint density at radius 2 is 2.15 bits per heavy atom. The molecule has 0 unspecified atom stereocenters. The van der Waals surface area contributed by atoms with E-state index in [4.69, 9.17) is 4.74 Å². The molecule has 6 heteroatoms. The molecular formula is C14H16BrN3O2. The maximum Gasteiger partial charge on any atom is 0.308 e. The lowest BCUT2D eigenvalue weighted by Gasteiger charge is -2.27. The van der Waals surface area contributed by atoms with Gasteiger partial charge in [0.25, 0.3) is 0 Å². The Morgan fingerprint density at radius 3 is 2.85 bits per heavy atom. The van der Waals surface area contributed by atoms with Crippen molar-refractivity contribution >= 4 is 32.8 Å². The Balaban J connectivity index is 1.82. The number of nitrogens with zero attached hydrogens (tertiary/aromatic N) is 3. The summed E-state index contributed by atoms with van der Waals surface area (Å²) in [5, 5.41) is 5.61. The topological polar surface area (TPSA) is 57.0 Å². The molecule has 1 fully saturated rings. The van der Waals surface area contributed by atoms with Crippen LogP contribution in [0.2, 0.25) is 0 Å². The van der Waals surface area contributed by atoms with Gasteiger partial charge in [-0.05, 0) is 47.7 Å². The summed E-state index contributed by atoms with van der Waals surface area (Å²) in [5.41, 5.74) is 1.09. The van der Waals surface area contributed by atoms with E-state index in [1.165, 1.54) is 7.11 Å². The van der Waals surface area contributed by atoms with Gasteiger partial charge in [0.15, 0.2) is 0 Å². The van der Waals surface area contributed by atoms with Gasteiger partial charge in [-0.2, -0.15) is 5.10 Å². The molecule has 0 N–H and O–H groups in total. The van der Waals surface area contributed by atoms with E-state index >= 15 is 0 Å². The summed E-state index contributed by atoms with van der Waals surface area (Å²) < 4.78 is 7.72. The second-order valence-electron chi connectivity index (χ2n) is 5.16. The lowest BCUT2D eigenvalue weighted by atomic mass is 9.86. The van der Waals surface area contributed by atoms with E-state index in [1.807, 2.05) is 12.3 Å². The zero-order valence-electron chi connectivity index (χ0n) is 11.3. The number of aromatic nitrogens is 3. The molecule has 0 bridgehead atoms. The molecule has 20 heavy (non-hydrogen) atoms. The summed E-state index contributed by atoms with van der Waals surface area (Å²) in [6.45, 7) is 0. The zero-order valence-corrected chi connectivity index (χ0v) is 12.8. The summed E-state index contributed by atoms with van der Waals surface area (Å²) >= 11 is 3.48. The first-order valence-corrected chi connectivity index (χ1v) is 7.55. The largest absolute Gasteiger partial charge is 0.469 e. The van der Waals surface area contributed by atoms with E-state index < -0.39 is 0 Å². The Labute approximate surface area is 125 Å². The van der Waals surface area contributed by atoms with Gasteiger partial charge in [0, 0.05) is 12.4 Å². The van der Waals surface area contributed by atoms with Crippen LogP contribution in [-0.4, -0.2) is 27.8 Å². The Hall–Kier alpha value is -1.43. The van der Waals surface area contributed by atoms with Gasteiger partial charge in [-0.3, -0.25) is 14.5 Å². The van der Waals surface area contributed by atoms with Crippen molar-refractivity contribution in [2.45, 2.75) is 31.7 Å². The molecule has 0 aliphatic heterocycles. The second kappa shape index (κ2) is 5.52. The van der Waals surface area contributed by atoms with Crippen molar-refractivity contribution in [1.29, 1.82) is 0 Å². The van der Waals surface area contributed by atoms with Crippen LogP contribution in [0.25, 0.3) is 10.9 Å². The van der Waals surface area contributed by atoms with Crippen molar-refractivity contribution in [3.63, 3.8) is 0 Å². The van der Waals surface area contributed by atoms with Crippen molar-refractivity contribution in [3.05, 3.63) is 23.1 Å². The molecule has 0 atom stereocenters. The highest BCUT2D eigenvalue weighted by molar-refractivity contribution is 9.10. The molecule has 5 nitrogen and oxygen atoms in total. The summed E-state index contributed by atoms with van der Waals surface area (Å²) in [6, 6.07) is 2.33. The molecule has 0 saturated heterocycles. The fraction of sp³-hybridized carbons (Fsp3) is 0.500. The molecule has 1 aliphatic rings. The number of methoxy groups -OCH3 is 1. The van der Waals surface area contributed by atoms with Crippen LogP contribution in [0.4, 0.5) is 0 Å². The van der Waals surface area contributed by atoms with Gasteiger partial charge in [-0.15, -0.1) is 0 Å². The Morgan fingerprint density at radius 1 is 1.40 bits per heavy atom. The van der Waals surface area contributed by atoms with Crippen molar-refractivity contribution in [2.24, 2.45) is 5.92 Å². The van der Waals surface area contributed by atoms with Crippen molar-refractivity contribution in [1.82, 2.24) is 14.8 Å². The normalized spacial score (nSPS) is 22.9. The third-order valence-electron chi connectivity index (χ3n) is 4.04. The first kappa shape index (κ1) is 13.5. The molecule has 3 rings (SSSR count). The van der Waals surface area contributed by atoms with Crippen LogP contribution < -0.4 is 0 Å². The third-order valence-corrected chi connectivity index (χ3v) is 4.63. The predicted molar refractivity (Wildman–Crippen MR) is 78.2 cm³/mol. The van der Waals surface area contributed by atoms with Gasteiger partial charge in [0.2, 0.25) is 0 Å². The summed E-state index contributed by atoms with van der Waals surface area (Å²) in [6.07, 6.45) is 7.23. The molecule has 2 aromatic heterocycles. The molecule has 106 valence electrons. The molecule has 2 heterocycles. The average Bonchev–Trinajstić information content (AvgIpc) is 2.84. The minimum Gasteiger partial charge on any atom is -0.469 e. The SMILES string of the molecule is COC(=O)C1CCC(n2nc(Br)c3cnccc32)CC1. The number of carbonyl (C=O) groups excluding carboxylic acids is 1. The van der Waals surface area contributed by atoms with E-state index in [2.05, 4.69) is 30.7 Å². The number of fused-ring (bicyclic) bond motifs is 1. The molecule has 0 amide bonds. The molecule has 1 saturated carbocycles. The van der Waals surface area contributed by atoms with Gasteiger partial charge in [0.1, 0.15) is 4.60 Å². The number of hydrogen-bond acceptors (Lipinski definition) is 4. The van der Waals surface area contributed by atoms with Crippen LogP contribution in [0.3, 0.4) is 0 Å². The van der Waals surface area contributed by atoms with E-state index in [1.54, 1.807) is 6.20 Å².